The molecule has 1 aliphatic heterocycles. The van der Waals surface area contributed by atoms with Gasteiger partial charge in [-0.1, -0.05) is 68.7 Å². The Morgan fingerprint density at radius 1 is 1.25 bits per heavy atom. The molecule has 2 nitrogen and oxygen atoms in total. The van der Waals surface area contributed by atoms with Crippen LogP contribution in [0.3, 0.4) is 0 Å². The maximum absolute atomic E-state index is 11.2. The quantitative estimate of drug-likeness (QED) is 0.548. The summed E-state index contributed by atoms with van der Waals surface area (Å²) in [5, 5.41) is 0. The Morgan fingerprint density at radius 3 is 2.75 bits per heavy atom. The molecule has 20 heavy (non-hydrogen) atoms. The van der Waals surface area contributed by atoms with Crippen molar-refractivity contribution in [3.05, 3.63) is 42.0 Å². The monoisotopic (exact) mass is 272 g/mol. The first-order valence-corrected chi connectivity index (χ1v) is 7.67. The first-order chi connectivity index (χ1) is 9.83. The van der Waals surface area contributed by atoms with Crippen LogP contribution in [0.4, 0.5) is 0 Å². The molecular weight excluding hydrogens is 248 g/mol. The summed E-state index contributed by atoms with van der Waals surface area (Å²) in [5.41, 5.74) is 1.15. The van der Waals surface area contributed by atoms with Crippen molar-refractivity contribution in [3.8, 4) is 0 Å². The van der Waals surface area contributed by atoms with Gasteiger partial charge in [0, 0.05) is 5.92 Å². The van der Waals surface area contributed by atoms with Gasteiger partial charge in [-0.25, -0.2) is 0 Å². The first-order valence-electron chi connectivity index (χ1n) is 7.67. The maximum Gasteiger partial charge on any atom is 0.126 e. The molecule has 0 aliphatic carbocycles. The zero-order valence-corrected chi connectivity index (χ0v) is 12.2. The average Bonchev–Trinajstić information content (AvgIpc) is 2.89. The maximum atomic E-state index is 11.2. The van der Waals surface area contributed by atoms with Gasteiger partial charge >= 0.3 is 0 Å². The van der Waals surface area contributed by atoms with Crippen LogP contribution in [0.25, 0.3) is 6.08 Å². The van der Waals surface area contributed by atoms with Crippen LogP contribution in [-0.4, -0.2) is 18.5 Å². The highest BCUT2D eigenvalue weighted by Crippen LogP contribution is 2.29. The summed E-state index contributed by atoms with van der Waals surface area (Å²) in [6.45, 7) is 2.20. The van der Waals surface area contributed by atoms with E-state index in [9.17, 15) is 4.79 Å². The van der Waals surface area contributed by atoms with Gasteiger partial charge in [-0.05, 0) is 18.4 Å². The highest BCUT2D eigenvalue weighted by Gasteiger charge is 2.32. The molecule has 0 bridgehead atoms. The van der Waals surface area contributed by atoms with Crippen molar-refractivity contribution >= 4 is 12.4 Å². The highest BCUT2D eigenvalue weighted by molar-refractivity contribution is 5.58. The lowest BCUT2D eigenvalue weighted by Gasteiger charge is -2.11. The lowest BCUT2D eigenvalue weighted by Crippen LogP contribution is -2.14. The zero-order chi connectivity index (χ0) is 14.2. The van der Waals surface area contributed by atoms with Gasteiger partial charge < -0.3 is 9.53 Å². The van der Waals surface area contributed by atoms with E-state index in [-0.39, 0.29) is 18.1 Å². The number of unbranched alkanes of at least 4 members (excludes halogenated alkanes) is 2. The van der Waals surface area contributed by atoms with E-state index in [0.717, 1.165) is 24.7 Å². The normalized spacial score (nSPS) is 26.1. The molecule has 1 saturated heterocycles. The molecule has 2 rings (SSSR count). The topological polar surface area (TPSA) is 26.3 Å². The molecule has 108 valence electrons. The van der Waals surface area contributed by atoms with E-state index in [1.807, 2.05) is 24.3 Å². The molecule has 0 saturated carbocycles. The van der Waals surface area contributed by atoms with E-state index in [4.69, 9.17) is 4.74 Å². The van der Waals surface area contributed by atoms with Crippen molar-refractivity contribution < 1.29 is 9.53 Å². The SMILES string of the molecule is CCCCC[C@@H]1CC(C=O)[C@H](/C=C/c2ccccc2)O1. The van der Waals surface area contributed by atoms with Crippen molar-refractivity contribution in [2.24, 2.45) is 5.92 Å². The molecule has 1 fully saturated rings. The summed E-state index contributed by atoms with van der Waals surface area (Å²) in [5.74, 6) is 0.0154. The van der Waals surface area contributed by atoms with Crippen molar-refractivity contribution in [2.45, 2.75) is 51.2 Å². The molecule has 1 aliphatic rings. The Balaban J connectivity index is 1.90. The number of hydrogen-bond donors (Lipinski definition) is 0. The van der Waals surface area contributed by atoms with Crippen molar-refractivity contribution in [3.63, 3.8) is 0 Å². The van der Waals surface area contributed by atoms with Crippen LogP contribution in [-0.2, 0) is 9.53 Å². The van der Waals surface area contributed by atoms with Crippen LogP contribution in [0.15, 0.2) is 36.4 Å². The largest absolute Gasteiger partial charge is 0.370 e. The van der Waals surface area contributed by atoms with E-state index in [0.29, 0.717) is 0 Å². The highest BCUT2D eigenvalue weighted by atomic mass is 16.5. The van der Waals surface area contributed by atoms with E-state index >= 15 is 0 Å². The van der Waals surface area contributed by atoms with Gasteiger partial charge in [0.25, 0.3) is 0 Å². The van der Waals surface area contributed by atoms with E-state index in [1.54, 1.807) is 0 Å². The molecule has 0 aromatic heterocycles. The standard InChI is InChI=1S/C18H24O2/c1-2-3-5-10-17-13-16(14-19)18(20-17)12-11-15-8-6-4-7-9-15/h4,6-9,11-12,14,16-18H,2-3,5,10,13H2,1H3/b12-11+/t16?,17-,18+/m1/s1. The van der Waals surface area contributed by atoms with Crippen LogP contribution in [0.5, 0.6) is 0 Å². The summed E-state index contributed by atoms with van der Waals surface area (Å²) in [6.07, 6.45) is 11.0. The third-order valence-corrected chi connectivity index (χ3v) is 3.89. The molecule has 0 radical (unpaired) electrons. The minimum absolute atomic E-state index is 0.0154. The Kier molecular flexibility index (Phi) is 6.00. The summed E-state index contributed by atoms with van der Waals surface area (Å²) >= 11 is 0. The van der Waals surface area contributed by atoms with Crippen LogP contribution in [0, 0.1) is 5.92 Å². The molecule has 1 aromatic carbocycles. The Labute approximate surface area is 121 Å². The number of hydrogen-bond acceptors (Lipinski definition) is 2. The summed E-state index contributed by atoms with van der Waals surface area (Å²) in [7, 11) is 0. The van der Waals surface area contributed by atoms with Gasteiger partial charge in [-0.3, -0.25) is 0 Å². The molecule has 0 N–H and O–H groups in total. The van der Waals surface area contributed by atoms with Crippen molar-refractivity contribution in [1.82, 2.24) is 0 Å². The molecule has 0 spiro atoms. The van der Waals surface area contributed by atoms with Crippen LogP contribution in [0.1, 0.15) is 44.6 Å². The van der Waals surface area contributed by atoms with Gasteiger partial charge in [-0.2, -0.15) is 0 Å². The third kappa shape index (κ3) is 4.31. The lowest BCUT2D eigenvalue weighted by molar-refractivity contribution is -0.111. The number of ether oxygens (including phenoxy) is 1. The van der Waals surface area contributed by atoms with E-state index < -0.39 is 0 Å². The first kappa shape index (κ1) is 15.0. The van der Waals surface area contributed by atoms with Gasteiger partial charge in [0.05, 0.1) is 12.2 Å². The molecule has 3 atom stereocenters. The molecule has 1 unspecified atom stereocenters. The number of rotatable bonds is 7. The summed E-state index contributed by atoms with van der Waals surface area (Å²) in [6, 6.07) is 10.1. The number of carbonyl (C=O) groups is 1. The minimum Gasteiger partial charge on any atom is -0.370 e. The number of carbonyl (C=O) groups excluding carboxylic acids is 1. The van der Waals surface area contributed by atoms with Gasteiger partial charge in [0.1, 0.15) is 6.29 Å². The second-order valence-electron chi connectivity index (χ2n) is 5.52. The van der Waals surface area contributed by atoms with Gasteiger partial charge in [-0.15, -0.1) is 0 Å². The third-order valence-electron chi connectivity index (χ3n) is 3.89. The second kappa shape index (κ2) is 8.01. The van der Waals surface area contributed by atoms with Crippen molar-refractivity contribution in [2.75, 3.05) is 0 Å². The minimum atomic E-state index is -0.0562. The lowest BCUT2D eigenvalue weighted by atomic mass is 9.98. The van der Waals surface area contributed by atoms with E-state index in [1.165, 1.54) is 19.3 Å². The van der Waals surface area contributed by atoms with Gasteiger partial charge in [0.15, 0.2) is 0 Å². The second-order valence-corrected chi connectivity index (χ2v) is 5.52. The summed E-state index contributed by atoms with van der Waals surface area (Å²) < 4.78 is 6.02. The number of benzene rings is 1. The molecule has 1 heterocycles. The fraction of sp³-hybridized carbons (Fsp3) is 0.500. The summed E-state index contributed by atoms with van der Waals surface area (Å²) in [4.78, 5) is 11.2. The fourth-order valence-electron chi connectivity index (χ4n) is 2.72. The fourth-order valence-corrected chi connectivity index (χ4v) is 2.72. The van der Waals surface area contributed by atoms with Crippen LogP contribution < -0.4 is 0 Å². The Hall–Kier alpha value is -1.41. The number of aldehydes is 1. The average molecular weight is 272 g/mol. The zero-order valence-electron chi connectivity index (χ0n) is 12.2. The van der Waals surface area contributed by atoms with Crippen LogP contribution in [0.2, 0.25) is 0 Å². The smallest absolute Gasteiger partial charge is 0.126 e. The van der Waals surface area contributed by atoms with Crippen molar-refractivity contribution in [1.29, 1.82) is 0 Å². The van der Waals surface area contributed by atoms with Crippen LogP contribution >= 0.6 is 0 Å². The molecule has 2 heteroatoms. The Morgan fingerprint density at radius 2 is 2.05 bits per heavy atom. The predicted octanol–water partition coefficient (Wildman–Crippen LogP) is 4.25. The van der Waals surface area contributed by atoms with Gasteiger partial charge in [0.2, 0.25) is 0 Å². The molecule has 1 aromatic rings. The molecule has 0 amide bonds. The van der Waals surface area contributed by atoms with E-state index in [2.05, 4.69) is 25.1 Å². The predicted molar refractivity (Wildman–Crippen MR) is 82.5 cm³/mol. The molecular formula is C18H24O2. The Bertz CT molecular complexity index is 424.